The van der Waals surface area contributed by atoms with Gasteiger partial charge in [-0.05, 0) is 82.2 Å². The molecule has 6 fully saturated rings. The molecule has 0 amide bonds. The fraction of sp³-hybridized carbons (Fsp3) is 1.00. The zero-order chi connectivity index (χ0) is 37.4. The van der Waals surface area contributed by atoms with E-state index in [0.29, 0.717) is 33.2 Å². The first-order valence-corrected chi connectivity index (χ1v) is 20.4. The molecule has 6 heterocycles. The Morgan fingerprint density at radius 2 is 0.820 bits per heavy atom. The topological polar surface area (TPSA) is 43.9 Å². The molecule has 0 radical (unpaired) electrons. The first-order valence-electron chi connectivity index (χ1n) is 20.4. The summed E-state index contributed by atoms with van der Waals surface area (Å²) in [6, 6.07) is 1.43. The van der Waals surface area contributed by atoms with Crippen molar-refractivity contribution in [1.82, 2.24) is 24.5 Å². The van der Waals surface area contributed by atoms with Gasteiger partial charge in [-0.15, -0.1) is 0 Å². The molecule has 0 spiro atoms. The molecule has 50 heavy (non-hydrogen) atoms. The molecule has 0 saturated carbocycles. The maximum absolute atomic E-state index is 5.38. The third kappa shape index (κ3) is 9.48. The molecule has 0 atom stereocenters. The molecule has 0 bridgehead atoms. The minimum Gasteiger partial charge on any atom is -0.378 e. The lowest BCUT2D eigenvalue weighted by atomic mass is 9.63. The molecule has 6 saturated heterocycles. The highest BCUT2D eigenvalue weighted by Gasteiger charge is 2.45. The van der Waals surface area contributed by atoms with Gasteiger partial charge in [0.15, 0.2) is 0 Å². The number of hydrogen-bond acceptors (Lipinski definition) is 8. The average molecular weight is 706 g/mol. The molecular formula is C42H83N5O3. The maximum atomic E-state index is 5.38. The Labute approximate surface area is 310 Å². The van der Waals surface area contributed by atoms with Gasteiger partial charge in [-0.25, -0.2) is 0 Å². The number of likely N-dealkylation sites (tertiary alicyclic amines) is 1. The van der Waals surface area contributed by atoms with Crippen molar-refractivity contribution < 1.29 is 14.2 Å². The molecular weight excluding hydrogens is 622 g/mol. The molecule has 0 aromatic carbocycles. The van der Waals surface area contributed by atoms with Crippen molar-refractivity contribution in [2.24, 2.45) is 21.7 Å². The van der Waals surface area contributed by atoms with Crippen LogP contribution in [0.15, 0.2) is 0 Å². The second-order valence-electron chi connectivity index (χ2n) is 21.3. The molecule has 6 aliphatic heterocycles. The number of piperidine rings is 1. The van der Waals surface area contributed by atoms with E-state index in [0.717, 1.165) is 45.7 Å². The van der Waals surface area contributed by atoms with Crippen molar-refractivity contribution >= 4 is 0 Å². The fourth-order valence-electron chi connectivity index (χ4n) is 7.98. The van der Waals surface area contributed by atoms with E-state index in [-0.39, 0.29) is 11.1 Å². The highest BCUT2D eigenvalue weighted by Crippen LogP contribution is 2.46. The van der Waals surface area contributed by atoms with Crippen LogP contribution in [0, 0.1) is 21.7 Å². The van der Waals surface area contributed by atoms with E-state index in [1.807, 2.05) is 0 Å². The van der Waals surface area contributed by atoms with Crippen molar-refractivity contribution in [3.8, 4) is 0 Å². The molecule has 0 aromatic heterocycles. The van der Waals surface area contributed by atoms with Crippen LogP contribution in [-0.2, 0) is 14.2 Å². The largest absolute Gasteiger partial charge is 0.378 e. The molecule has 294 valence electrons. The number of piperazine rings is 2. The monoisotopic (exact) mass is 706 g/mol. The number of hydrogen-bond donors (Lipinski definition) is 0. The van der Waals surface area contributed by atoms with Crippen LogP contribution < -0.4 is 0 Å². The van der Waals surface area contributed by atoms with Crippen LogP contribution in [0.1, 0.15) is 117 Å². The van der Waals surface area contributed by atoms with Crippen molar-refractivity contribution in [3.63, 3.8) is 0 Å². The molecule has 0 aliphatic carbocycles. The van der Waals surface area contributed by atoms with Crippen LogP contribution in [-0.4, -0.2) is 158 Å². The van der Waals surface area contributed by atoms with Crippen LogP contribution in [0.2, 0.25) is 0 Å². The summed E-state index contributed by atoms with van der Waals surface area (Å²) in [6.45, 7) is 53.3. The van der Waals surface area contributed by atoms with Crippen LogP contribution in [0.25, 0.3) is 0 Å². The lowest BCUT2D eigenvalue weighted by Gasteiger charge is -2.55. The summed E-state index contributed by atoms with van der Waals surface area (Å²) in [7, 11) is 0. The second-order valence-corrected chi connectivity index (χ2v) is 21.3. The molecule has 0 N–H and O–H groups in total. The Hall–Kier alpha value is -0.320. The fourth-order valence-corrected chi connectivity index (χ4v) is 7.98. The van der Waals surface area contributed by atoms with Gasteiger partial charge >= 0.3 is 0 Å². The van der Waals surface area contributed by atoms with Crippen LogP contribution >= 0.6 is 0 Å². The van der Waals surface area contributed by atoms with Gasteiger partial charge in [-0.2, -0.15) is 0 Å². The Morgan fingerprint density at radius 3 is 1.10 bits per heavy atom. The maximum Gasteiger partial charge on any atom is 0.0671 e. The Kier molecular flexibility index (Phi) is 13.4. The van der Waals surface area contributed by atoms with Crippen LogP contribution in [0.5, 0.6) is 0 Å². The normalized spacial score (nSPS) is 27.2. The Morgan fingerprint density at radius 1 is 0.460 bits per heavy atom. The van der Waals surface area contributed by atoms with Gasteiger partial charge in [0.2, 0.25) is 0 Å². The van der Waals surface area contributed by atoms with Crippen LogP contribution in [0.4, 0.5) is 0 Å². The third-order valence-corrected chi connectivity index (χ3v) is 15.4. The average Bonchev–Trinajstić information content (AvgIpc) is 2.95. The molecule has 0 unspecified atom stereocenters. The third-order valence-electron chi connectivity index (χ3n) is 15.4. The minimum atomic E-state index is 0.260. The standard InChI is InChI=1S/C15H30N2O.C14H28N2O.C13H25NO/c1-13(2,3)14(4,5)16-7-9-17(10-8-16)15(6)11-18-12-15;1-13(2,3)14(4,5)16-8-6-15(7-9-16)12-10-17-11-12;1-12(2,3)13(4)5-7-14(8-6-13)11-9-15-10-11/h7-12H2,1-6H3;12H,6-11H2,1-5H3;11H,5-10H2,1-4H3. The highest BCUT2D eigenvalue weighted by atomic mass is 16.5. The molecule has 6 aliphatic rings. The SMILES string of the molecule is CC(C)(C)C(C)(C)N1CCN(C2COC2)CC1.CC(C)(C)C1(C)CCN(C2COC2)CC1.CC1(N2CCN(C(C)(C)C(C)(C)C)CC2)COC1. The predicted molar refractivity (Wildman–Crippen MR) is 210 cm³/mol. The van der Waals surface area contributed by atoms with E-state index in [2.05, 4.69) is 128 Å². The van der Waals surface area contributed by atoms with Crippen molar-refractivity contribution in [1.29, 1.82) is 0 Å². The van der Waals surface area contributed by atoms with Gasteiger partial charge in [0, 0.05) is 63.4 Å². The molecule has 0 aromatic rings. The van der Waals surface area contributed by atoms with Gasteiger partial charge in [-0.3, -0.25) is 24.5 Å². The van der Waals surface area contributed by atoms with Crippen molar-refractivity contribution in [3.05, 3.63) is 0 Å². The van der Waals surface area contributed by atoms with E-state index in [1.54, 1.807) is 0 Å². The van der Waals surface area contributed by atoms with Gasteiger partial charge in [0.1, 0.15) is 0 Å². The summed E-state index contributed by atoms with van der Waals surface area (Å²) >= 11 is 0. The van der Waals surface area contributed by atoms with E-state index >= 15 is 0 Å². The smallest absolute Gasteiger partial charge is 0.0671 e. The number of rotatable bonds is 5. The Balaban J connectivity index is 0.000000169. The molecule has 6 rings (SSSR count). The minimum absolute atomic E-state index is 0.260. The predicted octanol–water partition coefficient (Wildman–Crippen LogP) is 6.58. The summed E-state index contributed by atoms with van der Waals surface area (Å²) < 4.78 is 15.9. The first-order chi connectivity index (χ1) is 22.9. The molecule has 8 heteroatoms. The summed E-state index contributed by atoms with van der Waals surface area (Å²) in [6.07, 6.45) is 2.68. The lowest BCUT2D eigenvalue weighted by molar-refractivity contribution is -0.147. The number of nitrogens with zero attached hydrogens (tertiary/aromatic N) is 5. The summed E-state index contributed by atoms with van der Waals surface area (Å²) in [5.41, 5.74) is 2.46. The van der Waals surface area contributed by atoms with E-state index < -0.39 is 0 Å². The quantitative estimate of drug-likeness (QED) is 0.318. The van der Waals surface area contributed by atoms with E-state index in [4.69, 9.17) is 14.2 Å². The van der Waals surface area contributed by atoms with Crippen molar-refractivity contribution in [2.75, 3.05) is 105 Å². The summed E-state index contributed by atoms with van der Waals surface area (Å²) in [4.78, 5) is 13.1. The molecule has 8 nitrogen and oxygen atoms in total. The highest BCUT2D eigenvalue weighted by molar-refractivity contribution is 5.00. The lowest BCUT2D eigenvalue weighted by Crippen LogP contribution is -2.67. The first kappa shape index (κ1) is 42.4. The van der Waals surface area contributed by atoms with Gasteiger partial charge < -0.3 is 14.2 Å². The Bertz CT molecular complexity index is 1040. The van der Waals surface area contributed by atoms with E-state index in [1.165, 1.54) is 78.3 Å². The second kappa shape index (κ2) is 15.8. The van der Waals surface area contributed by atoms with Gasteiger partial charge in [-0.1, -0.05) is 69.2 Å². The number of ether oxygens (including phenoxy) is 3. The van der Waals surface area contributed by atoms with Gasteiger partial charge in [0.25, 0.3) is 0 Å². The van der Waals surface area contributed by atoms with Gasteiger partial charge in [0.05, 0.1) is 57.3 Å². The zero-order valence-electron chi connectivity index (χ0n) is 35.8. The summed E-state index contributed by atoms with van der Waals surface area (Å²) in [5, 5.41) is 0. The van der Waals surface area contributed by atoms with Crippen LogP contribution in [0.3, 0.4) is 0 Å². The summed E-state index contributed by atoms with van der Waals surface area (Å²) in [5.74, 6) is 0. The van der Waals surface area contributed by atoms with Crippen molar-refractivity contribution in [2.45, 2.75) is 145 Å². The van der Waals surface area contributed by atoms with E-state index in [9.17, 15) is 0 Å². The zero-order valence-corrected chi connectivity index (χ0v) is 35.8.